The zero-order valence-electron chi connectivity index (χ0n) is 13.7. The van der Waals surface area contributed by atoms with Gasteiger partial charge in [0, 0.05) is 6.54 Å². The number of nitrogens with one attached hydrogen (secondary N) is 2. The van der Waals surface area contributed by atoms with Gasteiger partial charge in [-0.3, -0.25) is 0 Å². The maximum Gasteiger partial charge on any atom is 0.408 e. The first kappa shape index (κ1) is 21.7. The Morgan fingerprint density at radius 2 is 2.04 bits per heavy atom. The number of alkyl carbamates (subject to hydrolysis) is 1. The van der Waals surface area contributed by atoms with Crippen LogP contribution >= 0.6 is 11.6 Å². The minimum Gasteiger partial charge on any atom is -0.448 e. The van der Waals surface area contributed by atoms with Crippen LogP contribution in [0, 0.1) is 10.1 Å². The molecule has 12 heteroatoms. The molecular weight excluding hydrogens is 346 g/mol. The van der Waals surface area contributed by atoms with E-state index in [0.717, 1.165) is 0 Å². The summed E-state index contributed by atoms with van der Waals surface area (Å²) in [5.41, 5.74) is 6.21. The summed E-state index contributed by atoms with van der Waals surface area (Å²) in [6, 6.07) is -1.35. The molecule has 4 N–H and O–H groups in total. The first-order chi connectivity index (χ1) is 11.0. The van der Waals surface area contributed by atoms with Crippen molar-refractivity contribution in [2.24, 2.45) is 10.7 Å². The van der Waals surface area contributed by atoms with E-state index >= 15 is 0 Å². The molecule has 0 rings (SSSR count). The van der Waals surface area contributed by atoms with Crippen LogP contribution in [0.1, 0.15) is 33.6 Å². The third-order valence-corrected chi connectivity index (χ3v) is 2.42. The monoisotopic (exact) mass is 367 g/mol. The van der Waals surface area contributed by atoms with Gasteiger partial charge in [-0.1, -0.05) is 17.0 Å². The molecule has 0 aromatic carbocycles. The number of alkyl halides is 1. The van der Waals surface area contributed by atoms with Gasteiger partial charge in [0.1, 0.15) is 11.6 Å². The largest absolute Gasteiger partial charge is 0.448 e. The Kier molecular flexibility index (Phi) is 9.47. The maximum absolute atomic E-state index is 11.8. The number of hydrazine groups is 1. The summed E-state index contributed by atoms with van der Waals surface area (Å²) in [6.45, 7) is 5.14. The number of amides is 1. The Labute approximate surface area is 144 Å². The smallest absolute Gasteiger partial charge is 0.408 e. The molecule has 0 fully saturated rings. The number of hydrogen-bond acceptors (Lipinski definition) is 7. The zero-order valence-corrected chi connectivity index (χ0v) is 14.5. The van der Waals surface area contributed by atoms with E-state index in [4.69, 9.17) is 22.1 Å². The number of nitrogens with two attached hydrogens (primary N) is 1. The molecule has 138 valence electrons. The first-order valence-corrected chi connectivity index (χ1v) is 7.51. The van der Waals surface area contributed by atoms with Crippen LogP contribution in [0.5, 0.6) is 0 Å². The van der Waals surface area contributed by atoms with Crippen LogP contribution in [0.25, 0.3) is 0 Å². The fraction of sp³-hybridized carbons (Fsp3) is 0.750. The van der Waals surface area contributed by atoms with Gasteiger partial charge in [-0.2, -0.15) is 0 Å². The number of hydrogen-bond donors (Lipinski definition) is 3. The van der Waals surface area contributed by atoms with Crippen molar-refractivity contribution in [3.05, 3.63) is 10.1 Å². The Bertz CT molecular complexity index is 479. The Balaban J connectivity index is 4.55. The number of esters is 1. The number of carbonyl (C=O) groups excluding carboxylic acids is 2. The highest BCUT2D eigenvalue weighted by molar-refractivity contribution is 6.17. The average molecular weight is 368 g/mol. The molecule has 0 aliphatic carbocycles. The van der Waals surface area contributed by atoms with E-state index in [0.29, 0.717) is 6.42 Å². The van der Waals surface area contributed by atoms with Crippen LogP contribution < -0.4 is 16.5 Å². The second-order valence-corrected chi connectivity index (χ2v) is 5.77. The number of nitro groups is 1. The second kappa shape index (κ2) is 10.5. The molecule has 0 aromatic heterocycles. The summed E-state index contributed by atoms with van der Waals surface area (Å²) in [6.07, 6.45) is -0.320. The van der Waals surface area contributed by atoms with Crippen molar-refractivity contribution >= 4 is 29.6 Å². The van der Waals surface area contributed by atoms with Crippen molar-refractivity contribution in [2.45, 2.75) is 45.3 Å². The molecule has 0 saturated heterocycles. The molecule has 0 radical (unpaired) electrons. The molecule has 0 saturated carbocycles. The summed E-state index contributed by atoms with van der Waals surface area (Å²) in [4.78, 5) is 37.4. The Morgan fingerprint density at radius 1 is 1.42 bits per heavy atom. The molecule has 0 spiro atoms. The third kappa shape index (κ3) is 11.3. The number of carbonyl (C=O) groups is 2. The van der Waals surface area contributed by atoms with Gasteiger partial charge >= 0.3 is 12.1 Å². The number of guanidine groups is 1. The highest BCUT2D eigenvalue weighted by atomic mass is 35.5. The molecule has 0 aliphatic rings. The molecule has 0 aromatic rings. The molecule has 0 bridgehead atoms. The van der Waals surface area contributed by atoms with Gasteiger partial charge in [-0.15, -0.1) is 0 Å². The normalized spacial score (nSPS) is 12.9. The van der Waals surface area contributed by atoms with Gasteiger partial charge in [-0.25, -0.2) is 24.7 Å². The van der Waals surface area contributed by atoms with Gasteiger partial charge in [-0.05, 0) is 33.6 Å². The van der Waals surface area contributed by atoms with E-state index in [9.17, 15) is 19.7 Å². The fourth-order valence-electron chi connectivity index (χ4n) is 1.48. The van der Waals surface area contributed by atoms with E-state index in [1.807, 2.05) is 0 Å². The lowest BCUT2D eigenvalue weighted by Crippen LogP contribution is -2.44. The quantitative estimate of drug-likeness (QED) is 0.106. The molecule has 24 heavy (non-hydrogen) atoms. The molecule has 11 nitrogen and oxygen atoms in total. The van der Waals surface area contributed by atoms with Crippen LogP contribution in [0.2, 0.25) is 0 Å². The maximum atomic E-state index is 11.8. The summed E-state index contributed by atoms with van der Waals surface area (Å²) in [5, 5.41) is 11.7. The molecule has 0 unspecified atom stereocenters. The molecule has 0 aliphatic heterocycles. The van der Waals surface area contributed by atoms with Crippen molar-refractivity contribution < 1.29 is 24.1 Å². The fourth-order valence-corrected chi connectivity index (χ4v) is 1.58. The lowest BCUT2D eigenvalue weighted by molar-refractivity contribution is -0.525. The Hall–Kier alpha value is -2.30. The predicted molar refractivity (Wildman–Crippen MR) is 85.8 cm³/mol. The first-order valence-electron chi connectivity index (χ1n) is 6.98. The molecule has 0 heterocycles. The van der Waals surface area contributed by atoms with Gasteiger partial charge < -0.3 is 20.5 Å². The van der Waals surface area contributed by atoms with E-state index < -0.39 is 28.7 Å². The van der Waals surface area contributed by atoms with E-state index in [2.05, 4.69) is 15.0 Å². The van der Waals surface area contributed by atoms with Crippen molar-refractivity contribution in [1.29, 1.82) is 0 Å². The molecule has 1 atom stereocenters. The van der Waals surface area contributed by atoms with Crippen molar-refractivity contribution in [1.82, 2.24) is 10.7 Å². The van der Waals surface area contributed by atoms with Crippen LogP contribution in [0.15, 0.2) is 4.99 Å². The highest BCUT2D eigenvalue weighted by Crippen LogP contribution is 2.08. The minimum absolute atomic E-state index is 0.104. The van der Waals surface area contributed by atoms with Gasteiger partial charge in [0.2, 0.25) is 0 Å². The van der Waals surface area contributed by atoms with Gasteiger partial charge in [0.05, 0.1) is 0 Å². The molecular formula is C12H22ClN5O6. The summed E-state index contributed by atoms with van der Waals surface area (Å²) in [5.74, 6) is -1.09. The van der Waals surface area contributed by atoms with Crippen molar-refractivity contribution in [3.8, 4) is 0 Å². The van der Waals surface area contributed by atoms with Crippen molar-refractivity contribution in [2.75, 3.05) is 12.6 Å². The molecule has 1 amide bonds. The van der Waals surface area contributed by atoms with E-state index in [1.54, 1.807) is 26.2 Å². The van der Waals surface area contributed by atoms with E-state index in [1.165, 1.54) is 0 Å². The number of rotatable bonds is 8. The second-order valence-electron chi connectivity index (χ2n) is 5.55. The van der Waals surface area contributed by atoms with E-state index in [-0.39, 0.29) is 25.0 Å². The SMILES string of the molecule is CC(C)(C)OC(=O)N[C@@H](CCCN=C(N)N[N+](=O)[O-])C(=O)OCCl. The lowest BCUT2D eigenvalue weighted by Gasteiger charge is -2.22. The third-order valence-electron chi connectivity index (χ3n) is 2.31. The number of ether oxygens (including phenoxy) is 2. The summed E-state index contributed by atoms with van der Waals surface area (Å²) in [7, 11) is 0. The van der Waals surface area contributed by atoms with Gasteiger partial charge in [0.25, 0.3) is 5.96 Å². The van der Waals surface area contributed by atoms with Crippen LogP contribution in [-0.4, -0.2) is 47.3 Å². The highest BCUT2D eigenvalue weighted by Gasteiger charge is 2.25. The van der Waals surface area contributed by atoms with Crippen LogP contribution in [0.3, 0.4) is 0 Å². The van der Waals surface area contributed by atoms with Crippen LogP contribution in [0.4, 0.5) is 4.79 Å². The van der Waals surface area contributed by atoms with Gasteiger partial charge in [0.15, 0.2) is 11.1 Å². The number of aliphatic imine (C=N–C) groups is 1. The average Bonchev–Trinajstić information content (AvgIpc) is 2.39. The summed E-state index contributed by atoms with van der Waals surface area (Å²) >= 11 is 5.34. The predicted octanol–water partition coefficient (Wildman–Crippen LogP) is 0.495. The zero-order chi connectivity index (χ0) is 18.8. The minimum atomic E-state index is -0.988. The Morgan fingerprint density at radius 3 is 2.54 bits per heavy atom. The topological polar surface area (TPSA) is 158 Å². The van der Waals surface area contributed by atoms with Crippen molar-refractivity contribution in [3.63, 3.8) is 0 Å². The summed E-state index contributed by atoms with van der Waals surface area (Å²) < 4.78 is 9.72. The number of halogens is 1. The lowest BCUT2D eigenvalue weighted by atomic mass is 10.1. The standard InChI is InChI=1S/C12H22ClN5O6/c1-12(2,3)24-11(20)16-8(9(19)23-7-13)5-4-6-15-10(14)17-18(21)22/h8H,4-7H2,1-3H3,(H,16,20)(H3,14,15,17)/t8-/m0/s1. The number of nitrogens with zero attached hydrogens (tertiary/aromatic N) is 2. The van der Waals surface area contributed by atoms with Crippen LogP contribution in [-0.2, 0) is 14.3 Å².